The number of nitrogens with two attached hydrogens (primary N) is 1. The third kappa shape index (κ3) is 6.29. The molecule has 0 fully saturated rings. The van der Waals surface area contributed by atoms with Gasteiger partial charge in [-0.3, -0.25) is 14.4 Å². The first kappa shape index (κ1) is 18.3. The Bertz CT molecular complexity index is 587. The smallest absolute Gasteiger partial charge is 0.243 e. The molecule has 7 heteroatoms. The summed E-state index contributed by atoms with van der Waals surface area (Å²) in [5, 5.41) is 4.99. The molecule has 0 aliphatic carbocycles. The minimum Gasteiger partial charge on any atom is -0.368 e. The van der Waals surface area contributed by atoms with Crippen molar-refractivity contribution >= 4 is 17.7 Å². The quantitative estimate of drug-likeness (QED) is 0.605. The van der Waals surface area contributed by atoms with Gasteiger partial charge < -0.3 is 16.4 Å². The van der Waals surface area contributed by atoms with Crippen LogP contribution in [0.3, 0.4) is 0 Å². The summed E-state index contributed by atoms with van der Waals surface area (Å²) < 4.78 is 12.9. The van der Waals surface area contributed by atoms with E-state index in [1.807, 2.05) is 0 Å². The van der Waals surface area contributed by atoms with E-state index in [9.17, 15) is 18.8 Å². The van der Waals surface area contributed by atoms with Crippen LogP contribution < -0.4 is 16.4 Å². The maximum Gasteiger partial charge on any atom is 0.243 e. The number of rotatable bonds is 8. The topological polar surface area (TPSA) is 101 Å². The molecule has 23 heavy (non-hydrogen) atoms. The second-order valence-corrected chi connectivity index (χ2v) is 5.07. The van der Waals surface area contributed by atoms with Crippen LogP contribution in [0, 0.1) is 5.82 Å². The maximum atomic E-state index is 12.9. The normalized spacial score (nSPS) is 12.8. The van der Waals surface area contributed by atoms with Gasteiger partial charge in [0.1, 0.15) is 17.9 Å². The van der Waals surface area contributed by atoms with Gasteiger partial charge in [-0.2, -0.15) is 0 Å². The highest BCUT2D eigenvalue weighted by Crippen LogP contribution is 2.07. The van der Waals surface area contributed by atoms with E-state index < -0.39 is 35.6 Å². The van der Waals surface area contributed by atoms with E-state index in [0.29, 0.717) is 5.56 Å². The molecule has 0 heterocycles. The van der Waals surface area contributed by atoms with Crippen LogP contribution in [0.2, 0.25) is 0 Å². The summed E-state index contributed by atoms with van der Waals surface area (Å²) in [5.74, 6) is -2.03. The van der Waals surface area contributed by atoms with Crippen molar-refractivity contribution in [1.29, 1.82) is 0 Å². The molecule has 0 unspecified atom stereocenters. The number of benzene rings is 1. The molecular formula is C16H20FN3O3. The summed E-state index contributed by atoms with van der Waals surface area (Å²) in [6.07, 6.45) is 1.80. The standard InChI is InChI=1S/C16H20FN3O3/c1-3-4-13(15(18)22)20-16(23)14(19-10(2)21)9-11-5-7-12(17)8-6-11/h3,5-8,13-14H,1,4,9H2,2H3,(H2,18,22)(H,19,21)(H,20,23)/t13-,14-/m1/s1. The zero-order chi connectivity index (χ0) is 17.4. The SMILES string of the molecule is C=CC[C@@H](NC(=O)[C@@H](Cc1ccc(F)cc1)NC(C)=O)C(N)=O. The van der Waals surface area contributed by atoms with Crippen molar-refractivity contribution in [2.24, 2.45) is 5.73 Å². The monoisotopic (exact) mass is 321 g/mol. The number of halogens is 1. The fourth-order valence-corrected chi connectivity index (χ4v) is 2.00. The second-order valence-electron chi connectivity index (χ2n) is 5.07. The Morgan fingerprint density at radius 3 is 2.30 bits per heavy atom. The number of carbonyl (C=O) groups is 3. The third-order valence-electron chi connectivity index (χ3n) is 3.11. The molecule has 0 bridgehead atoms. The van der Waals surface area contributed by atoms with Crippen LogP contribution >= 0.6 is 0 Å². The molecule has 0 radical (unpaired) electrons. The lowest BCUT2D eigenvalue weighted by Crippen LogP contribution is -2.53. The molecule has 124 valence electrons. The van der Waals surface area contributed by atoms with Crippen LogP contribution in [0.5, 0.6) is 0 Å². The van der Waals surface area contributed by atoms with E-state index in [4.69, 9.17) is 5.73 Å². The number of carbonyl (C=O) groups excluding carboxylic acids is 3. The zero-order valence-corrected chi connectivity index (χ0v) is 12.8. The Morgan fingerprint density at radius 1 is 1.22 bits per heavy atom. The molecule has 1 rings (SSSR count). The van der Waals surface area contributed by atoms with Crippen LogP contribution in [0.4, 0.5) is 4.39 Å². The van der Waals surface area contributed by atoms with Crippen LogP contribution in [0.25, 0.3) is 0 Å². The summed E-state index contributed by atoms with van der Waals surface area (Å²) >= 11 is 0. The number of amides is 3. The Balaban J connectivity index is 2.84. The van der Waals surface area contributed by atoms with Crippen LogP contribution in [-0.2, 0) is 20.8 Å². The molecule has 6 nitrogen and oxygen atoms in total. The fraction of sp³-hybridized carbons (Fsp3) is 0.312. The molecule has 1 aromatic rings. The summed E-state index contributed by atoms with van der Waals surface area (Å²) in [6, 6.07) is 3.78. The van der Waals surface area contributed by atoms with Gasteiger partial charge in [0.2, 0.25) is 17.7 Å². The van der Waals surface area contributed by atoms with E-state index in [1.54, 1.807) is 0 Å². The highest BCUT2D eigenvalue weighted by molar-refractivity contribution is 5.91. The molecule has 0 aromatic heterocycles. The van der Waals surface area contributed by atoms with E-state index in [-0.39, 0.29) is 12.8 Å². The lowest BCUT2D eigenvalue weighted by molar-refractivity contribution is -0.130. The molecule has 4 N–H and O–H groups in total. The number of primary amides is 1. The van der Waals surface area contributed by atoms with E-state index in [1.165, 1.54) is 37.3 Å². The average molecular weight is 321 g/mol. The maximum absolute atomic E-state index is 12.9. The predicted octanol–water partition coefficient (Wildman–Crippen LogP) is 0.419. The zero-order valence-electron chi connectivity index (χ0n) is 12.8. The molecule has 2 atom stereocenters. The largest absolute Gasteiger partial charge is 0.368 e. The highest BCUT2D eigenvalue weighted by Gasteiger charge is 2.24. The van der Waals surface area contributed by atoms with Gasteiger partial charge >= 0.3 is 0 Å². The number of hydrogen-bond donors (Lipinski definition) is 3. The molecule has 3 amide bonds. The molecule has 0 saturated carbocycles. The van der Waals surface area contributed by atoms with Crippen molar-refractivity contribution in [3.8, 4) is 0 Å². The summed E-state index contributed by atoms with van der Waals surface area (Å²) in [6.45, 7) is 4.77. The fourth-order valence-electron chi connectivity index (χ4n) is 2.00. The van der Waals surface area contributed by atoms with Gasteiger partial charge in [0.25, 0.3) is 0 Å². The van der Waals surface area contributed by atoms with Gasteiger partial charge in [-0.05, 0) is 24.1 Å². The first-order valence-electron chi connectivity index (χ1n) is 7.05. The van der Waals surface area contributed by atoms with Crippen molar-refractivity contribution in [3.63, 3.8) is 0 Å². The molecule has 0 aliphatic rings. The van der Waals surface area contributed by atoms with Crippen LogP contribution in [0.15, 0.2) is 36.9 Å². The Morgan fingerprint density at radius 2 is 1.83 bits per heavy atom. The molecule has 0 aliphatic heterocycles. The van der Waals surface area contributed by atoms with Gasteiger partial charge in [-0.15, -0.1) is 6.58 Å². The number of hydrogen-bond acceptors (Lipinski definition) is 3. The van der Waals surface area contributed by atoms with Crippen molar-refractivity contribution < 1.29 is 18.8 Å². The summed E-state index contributed by atoms with van der Waals surface area (Å²) in [7, 11) is 0. The van der Waals surface area contributed by atoms with E-state index in [2.05, 4.69) is 17.2 Å². The van der Waals surface area contributed by atoms with Gasteiger partial charge in [0.15, 0.2) is 0 Å². The minimum atomic E-state index is -0.899. The van der Waals surface area contributed by atoms with Crippen LogP contribution in [-0.4, -0.2) is 29.8 Å². The summed E-state index contributed by atoms with van der Waals surface area (Å²) in [4.78, 5) is 34.9. The molecule has 1 aromatic carbocycles. The van der Waals surface area contributed by atoms with Crippen molar-refractivity contribution in [2.45, 2.75) is 31.8 Å². The lowest BCUT2D eigenvalue weighted by atomic mass is 10.0. The summed E-state index contributed by atoms with van der Waals surface area (Å²) in [5.41, 5.74) is 5.88. The Kier molecular flexibility index (Phi) is 6.92. The van der Waals surface area contributed by atoms with Gasteiger partial charge in [0, 0.05) is 13.3 Å². The van der Waals surface area contributed by atoms with E-state index >= 15 is 0 Å². The van der Waals surface area contributed by atoms with Crippen molar-refractivity contribution in [1.82, 2.24) is 10.6 Å². The first-order chi connectivity index (χ1) is 10.8. The third-order valence-corrected chi connectivity index (χ3v) is 3.11. The molecule has 0 spiro atoms. The Hall–Kier alpha value is -2.70. The van der Waals surface area contributed by atoms with Crippen LogP contribution in [0.1, 0.15) is 18.9 Å². The second kappa shape index (κ2) is 8.67. The Labute approximate surface area is 133 Å². The predicted molar refractivity (Wildman–Crippen MR) is 83.6 cm³/mol. The number of nitrogens with one attached hydrogen (secondary N) is 2. The van der Waals surface area contributed by atoms with E-state index in [0.717, 1.165) is 0 Å². The van der Waals surface area contributed by atoms with Gasteiger partial charge in [-0.25, -0.2) is 4.39 Å². The van der Waals surface area contributed by atoms with Gasteiger partial charge in [0.05, 0.1) is 0 Å². The lowest BCUT2D eigenvalue weighted by Gasteiger charge is -2.21. The molecule has 0 saturated heterocycles. The van der Waals surface area contributed by atoms with Crippen molar-refractivity contribution in [2.75, 3.05) is 0 Å². The molecular weight excluding hydrogens is 301 g/mol. The minimum absolute atomic E-state index is 0.158. The highest BCUT2D eigenvalue weighted by atomic mass is 19.1. The van der Waals surface area contributed by atoms with Gasteiger partial charge in [-0.1, -0.05) is 18.2 Å². The van der Waals surface area contributed by atoms with Crippen molar-refractivity contribution in [3.05, 3.63) is 48.3 Å². The average Bonchev–Trinajstić information content (AvgIpc) is 2.47. The first-order valence-corrected chi connectivity index (χ1v) is 7.05.